The van der Waals surface area contributed by atoms with E-state index in [4.69, 9.17) is 0 Å². The van der Waals surface area contributed by atoms with E-state index in [1.54, 1.807) is 18.2 Å². The summed E-state index contributed by atoms with van der Waals surface area (Å²) in [6.07, 6.45) is 2.69. The smallest absolute Gasteiger partial charge is 0.324 e. The number of carboxylic acid groups (broad SMARTS) is 1. The second-order valence-electron chi connectivity index (χ2n) is 4.53. The Bertz CT molecular complexity index is 659. The Balaban J connectivity index is 2.66. The summed E-state index contributed by atoms with van der Waals surface area (Å²) in [5.41, 5.74) is 0.280. The van der Waals surface area contributed by atoms with E-state index in [2.05, 4.69) is 4.98 Å². The predicted molar refractivity (Wildman–Crippen MR) is 75.1 cm³/mol. The van der Waals surface area contributed by atoms with E-state index >= 15 is 0 Å². The Hall–Kier alpha value is -1.97. The number of nitrogens with zero attached hydrogens (tertiary/aromatic N) is 1. The van der Waals surface area contributed by atoms with Crippen LogP contribution >= 0.6 is 7.37 Å². The fourth-order valence-electron chi connectivity index (χ4n) is 1.98. The van der Waals surface area contributed by atoms with Gasteiger partial charge < -0.3 is 10.00 Å². The van der Waals surface area contributed by atoms with E-state index in [1.165, 1.54) is 43.6 Å². The van der Waals surface area contributed by atoms with E-state index < -0.39 is 18.5 Å². The molecule has 0 bridgehead atoms. The molecule has 1 aromatic carbocycles. The summed E-state index contributed by atoms with van der Waals surface area (Å²) in [6, 6.07) is 11.0. The van der Waals surface area contributed by atoms with Crippen molar-refractivity contribution in [2.24, 2.45) is 0 Å². The number of benzene rings is 1. The van der Waals surface area contributed by atoms with Gasteiger partial charge in [-0.25, -0.2) is 0 Å². The van der Waals surface area contributed by atoms with E-state index in [-0.39, 0.29) is 10.9 Å². The number of carbonyl (C=O) groups is 1. The van der Waals surface area contributed by atoms with Crippen LogP contribution < -0.4 is 5.30 Å². The van der Waals surface area contributed by atoms with Gasteiger partial charge in [-0.1, -0.05) is 30.3 Å². The summed E-state index contributed by atoms with van der Waals surface area (Å²) in [4.78, 5) is 25.9. The predicted octanol–water partition coefficient (Wildman–Crippen LogP) is 1.98. The Morgan fingerprint density at radius 1 is 1.20 bits per heavy atom. The lowest BCUT2D eigenvalue weighted by molar-refractivity contribution is -0.140. The lowest BCUT2D eigenvalue weighted by Crippen LogP contribution is -2.36. The number of carboxylic acids is 1. The van der Waals surface area contributed by atoms with Crippen LogP contribution in [0.4, 0.5) is 0 Å². The monoisotopic (exact) mass is 291 g/mol. The zero-order valence-corrected chi connectivity index (χ0v) is 11.7. The third kappa shape index (κ3) is 2.15. The highest BCUT2D eigenvalue weighted by molar-refractivity contribution is 7.68. The number of hydrogen-bond donors (Lipinski definition) is 2. The third-order valence-corrected chi connectivity index (χ3v) is 5.98. The summed E-state index contributed by atoms with van der Waals surface area (Å²) in [6.45, 7) is 1.26. The van der Waals surface area contributed by atoms with Gasteiger partial charge in [0.1, 0.15) is 0 Å². The summed E-state index contributed by atoms with van der Waals surface area (Å²) >= 11 is 0. The zero-order valence-electron chi connectivity index (χ0n) is 10.8. The van der Waals surface area contributed by atoms with E-state index in [9.17, 15) is 19.4 Å². The van der Waals surface area contributed by atoms with Gasteiger partial charge in [-0.05, 0) is 24.6 Å². The van der Waals surface area contributed by atoms with Crippen LogP contribution in [0.15, 0.2) is 54.9 Å². The molecule has 104 valence electrons. The van der Waals surface area contributed by atoms with Gasteiger partial charge in [0.2, 0.25) is 0 Å². The van der Waals surface area contributed by atoms with Gasteiger partial charge in [0, 0.05) is 12.4 Å². The van der Waals surface area contributed by atoms with Crippen molar-refractivity contribution in [1.29, 1.82) is 0 Å². The minimum Gasteiger partial charge on any atom is -0.480 e. The van der Waals surface area contributed by atoms with Crippen LogP contribution in [0, 0.1) is 0 Å². The van der Waals surface area contributed by atoms with E-state index in [0.717, 1.165) is 0 Å². The van der Waals surface area contributed by atoms with E-state index in [0.29, 0.717) is 0 Å². The molecule has 2 aromatic rings. The highest BCUT2D eigenvalue weighted by Gasteiger charge is 2.52. The second-order valence-corrected chi connectivity index (χ2v) is 7.09. The zero-order chi connectivity index (χ0) is 14.8. The number of hydrogen-bond acceptors (Lipinski definition) is 3. The summed E-state index contributed by atoms with van der Waals surface area (Å²) in [5.74, 6) is -1.35. The van der Waals surface area contributed by atoms with Crippen molar-refractivity contribution in [1.82, 2.24) is 4.98 Å². The molecular weight excluding hydrogens is 277 g/mol. The number of aliphatic carboxylic acids is 1. The highest BCUT2D eigenvalue weighted by atomic mass is 31.2. The summed E-state index contributed by atoms with van der Waals surface area (Å²) < 4.78 is 12.8. The molecule has 6 heteroatoms. The largest absolute Gasteiger partial charge is 0.480 e. The van der Waals surface area contributed by atoms with Gasteiger partial charge in [0.15, 0.2) is 5.16 Å². The Morgan fingerprint density at radius 2 is 1.85 bits per heavy atom. The molecule has 2 atom stereocenters. The van der Waals surface area contributed by atoms with Crippen molar-refractivity contribution < 1.29 is 19.4 Å². The maximum absolute atomic E-state index is 12.8. The Labute approximate surface area is 116 Å². The number of aromatic nitrogens is 1. The molecule has 1 aromatic heterocycles. The van der Waals surface area contributed by atoms with Gasteiger partial charge >= 0.3 is 5.97 Å². The van der Waals surface area contributed by atoms with Gasteiger partial charge in [-0.15, -0.1) is 0 Å². The normalized spacial score (nSPS) is 16.9. The third-order valence-electron chi connectivity index (χ3n) is 3.35. The Morgan fingerprint density at radius 3 is 2.35 bits per heavy atom. The van der Waals surface area contributed by atoms with Crippen LogP contribution in [0.1, 0.15) is 12.5 Å². The van der Waals surface area contributed by atoms with E-state index in [1.807, 2.05) is 0 Å². The minimum atomic E-state index is -4.21. The standard InChI is InChI=1S/C14H14NO4P/c1-14(13(16)17,11-6-3-2-4-7-11)20(18,19)12-8-5-9-15-10-12/h2-10H,1H3,(H,16,17)(H,18,19). The summed E-state index contributed by atoms with van der Waals surface area (Å²) in [5, 5.41) is 7.63. The molecule has 0 aliphatic heterocycles. The first-order valence-electron chi connectivity index (χ1n) is 5.93. The molecule has 0 aliphatic carbocycles. The Kier molecular flexibility index (Phi) is 3.75. The van der Waals surface area contributed by atoms with Crippen LogP contribution in [-0.4, -0.2) is 21.0 Å². The molecular formula is C14H14NO4P. The molecule has 0 saturated carbocycles. The van der Waals surface area contributed by atoms with Gasteiger partial charge in [0.25, 0.3) is 7.37 Å². The van der Waals surface area contributed by atoms with Crippen molar-refractivity contribution in [3.8, 4) is 0 Å². The summed E-state index contributed by atoms with van der Waals surface area (Å²) in [7, 11) is -4.21. The number of pyridine rings is 1. The molecule has 0 spiro atoms. The molecule has 0 amide bonds. The quantitative estimate of drug-likeness (QED) is 0.841. The van der Waals surface area contributed by atoms with Gasteiger partial charge in [-0.3, -0.25) is 14.3 Å². The topological polar surface area (TPSA) is 87.5 Å². The van der Waals surface area contributed by atoms with Crippen molar-refractivity contribution in [2.45, 2.75) is 12.1 Å². The van der Waals surface area contributed by atoms with Crippen molar-refractivity contribution in [3.05, 3.63) is 60.4 Å². The van der Waals surface area contributed by atoms with Crippen LogP contribution in [0.2, 0.25) is 0 Å². The lowest BCUT2D eigenvalue weighted by atomic mass is 10.0. The first kappa shape index (κ1) is 14.4. The first-order chi connectivity index (χ1) is 9.40. The average molecular weight is 291 g/mol. The van der Waals surface area contributed by atoms with Crippen LogP contribution in [0.25, 0.3) is 0 Å². The fourth-order valence-corrected chi connectivity index (χ4v) is 3.77. The molecule has 0 aliphatic rings. The number of rotatable bonds is 4. The molecule has 5 nitrogen and oxygen atoms in total. The molecule has 0 saturated heterocycles. The fraction of sp³-hybridized carbons (Fsp3) is 0.143. The second kappa shape index (κ2) is 5.19. The molecule has 2 rings (SSSR count). The molecule has 20 heavy (non-hydrogen) atoms. The maximum Gasteiger partial charge on any atom is 0.324 e. The van der Waals surface area contributed by atoms with Crippen LogP contribution in [-0.2, 0) is 14.5 Å². The maximum atomic E-state index is 12.8. The molecule has 1 heterocycles. The highest BCUT2D eigenvalue weighted by Crippen LogP contribution is 2.59. The molecule has 0 radical (unpaired) electrons. The molecule has 2 N–H and O–H groups in total. The van der Waals surface area contributed by atoms with Gasteiger partial charge in [-0.2, -0.15) is 0 Å². The molecule has 2 unspecified atom stereocenters. The van der Waals surface area contributed by atoms with Crippen LogP contribution in [0.3, 0.4) is 0 Å². The SMILES string of the molecule is CC(C(=O)O)(c1ccccc1)P(=O)(O)c1cccnc1. The average Bonchev–Trinajstić information content (AvgIpc) is 2.47. The van der Waals surface area contributed by atoms with Crippen molar-refractivity contribution >= 4 is 18.6 Å². The first-order valence-corrected chi connectivity index (χ1v) is 7.59. The lowest BCUT2D eigenvalue weighted by Gasteiger charge is -2.30. The van der Waals surface area contributed by atoms with Crippen LogP contribution in [0.5, 0.6) is 0 Å². The van der Waals surface area contributed by atoms with Crippen molar-refractivity contribution in [2.75, 3.05) is 0 Å². The molecule has 0 fully saturated rings. The minimum absolute atomic E-state index is 0.0220. The van der Waals surface area contributed by atoms with Crippen molar-refractivity contribution in [3.63, 3.8) is 0 Å². The van der Waals surface area contributed by atoms with Gasteiger partial charge in [0.05, 0.1) is 5.30 Å².